The first-order chi connectivity index (χ1) is 14.7. The average molecular weight is 402 g/mol. The van der Waals surface area contributed by atoms with Crippen molar-refractivity contribution in [2.45, 2.75) is 56.8 Å². The number of hydrogen-bond acceptors (Lipinski definition) is 6. The van der Waals surface area contributed by atoms with E-state index in [1.165, 1.54) is 5.69 Å². The van der Waals surface area contributed by atoms with Crippen LogP contribution in [0.25, 0.3) is 10.8 Å². The lowest BCUT2D eigenvalue weighted by Gasteiger charge is -2.41. The van der Waals surface area contributed by atoms with Crippen molar-refractivity contribution in [3.63, 3.8) is 0 Å². The molecule has 0 aliphatic carbocycles. The summed E-state index contributed by atoms with van der Waals surface area (Å²) in [5.41, 5.74) is 1.91. The normalized spacial score (nSPS) is 26.7. The number of carbonyl (C=O) groups is 1. The number of benzene rings is 2. The Kier molecular flexibility index (Phi) is 4.92. The van der Waals surface area contributed by atoms with Gasteiger partial charge in [0, 0.05) is 54.1 Å². The topological polar surface area (TPSA) is 68.9 Å². The Morgan fingerprint density at radius 3 is 2.57 bits per heavy atom. The van der Waals surface area contributed by atoms with Gasteiger partial charge in [0.1, 0.15) is 12.1 Å². The molecule has 0 saturated carbocycles. The van der Waals surface area contributed by atoms with Crippen molar-refractivity contribution in [1.29, 1.82) is 5.26 Å². The number of hydrogen-bond donors (Lipinski definition) is 0. The number of rotatable bonds is 4. The molecule has 3 aliphatic heterocycles. The van der Waals surface area contributed by atoms with E-state index in [0.717, 1.165) is 36.5 Å². The number of esters is 1. The van der Waals surface area contributed by atoms with Gasteiger partial charge in [-0.25, -0.2) is 0 Å². The van der Waals surface area contributed by atoms with E-state index >= 15 is 0 Å². The molecule has 2 aromatic carbocycles. The van der Waals surface area contributed by atoms with Crippen LogP contribution in [0.4, 0.5) is 5.69 Å². The number of carbonyl (C=O) groups excluding carboxylic acids is 1. The number of fused-ring (bicyclic) bond motifs is 3. The van der Waals surface area contributed by atoms with Crippen LogP contribution in [0.1, 0.15) is 38.2 Å². The highest BCUT2D eigenvalue weighted by molar-refractivity contribution is 5.98. The summed E-state index contributed by atoms with van der Waals surface area (Å²) in [5.74, 6) is -0.137. The molecule has 2 fully saturated rings. The van der Waals surface area contributed by atoms with Crippen LogP contribution in [-0.4, -0.2) is 54.5 Å². The fourth-order valence-corrected chi connectivity index (χ4v) is 5.30. The molecule has 0 N–H and O–H groups in total. The third-order valence-corrected chi connectivity index (χ3v) is 6.87. The molecule has 3 heterocycles. The van der Waals surface area contributed by atoms with Gasteiger partial charge in [-0.2, -0.15) is 5.26 Å². The highest BCUT2D eigenvalue weighted by Gasteiger charge is 2.43. The number of piperidine rings is 1. The van der Waals surface area contributed by atoms with Crippen molar-refractivity contribution in [2.75, 3.05) is 18.1 Å². The zero-order chi connectivity index (χ0) is 20.7. The second kappa shape index (κ2) is 7.73. The lowest BCUT2D eigenvalue weighted by molar-refractivity contribution is -0.155. The smallest absolute Gasteiger partial charge is 0.323 e. The van der Waals surface area contributed by atoms with Gasteiger partial charge in [-0.3, -0.25) is 14.7 Å². The fraction of sp³-hybridized carbons (Fsp3) is 0.458. The van der Waals surface area contributed by atoms with E-state index in [4.69, 9.17) is 4.74 Å². The van der Waals surface area contributed by atoms with Gasteiger partial charge in [-0.05, 0) is 31.9 Å². The highest BCUT2D eigenvalue weighted by atomic mass is 16.5. The van der Waals surface area contributed by atoms with Crippen LogP contribution in [0.2, 0.25) is 0 Å². The van der Waals surface area contributed by atoms with Crippen LogP contribution in [-0.2, 0) is 9.53 Å². The lowest BCUT2D eigenvalue weighted by Crippen LogP contribution is -2.48. The summed E-state index contributed by atoms with van der Waals surface area (Å²) in [6.07, 6.45) is 5.77. The predicted octanol–water partition coefficient (Wildman–Crippen LogP) is 3.49. The molecule has 3 unspecified atom stereocenters. The lowest BCUT2D eigenvalue weighted by atomic mass is 9.96. The van der Waals surface area contributed by atoms with Crippen LogP contribution >= 0.6 is 0 Å². The monoisotopic (exact) mass is 402 g/mol. The second-order valence-corrected chi connectivity index (χ2v) is 8.57. The molecule has 2 aromatic rings. The third kappa shape index (κ3) is 3.23. The van der Waals surface area contributed by atoms with Gasteiger partial charge in [0.25, 0.3) is 0 Å². The van der Waals surface area contributed by atoms with Gasteiger partial charge in [0.05, 0.1) is 18.3 Å². The van der Waals surface area contributed by atoms with Crippen LogP contribution in [0.5, 0.6) is 0 Å². The Balaban J connectivity index is 1.34. The van der Waals surface area contributed by atoms with E-state index in [-0.39, 0.29) is 18.1 Å². The average Bonchev–Trinajstić information content (AvgIpc) is 3.39. The highest BCUT2D eigenvalue weighted by Crippen LogP contribution is 2.43. The molecule has 3 atom stereocenters. The number of nitriles is 1. The molecular formula is C24H26N4O2. The largest absolute Gasteiger partial charge is 0.461 e. The molecule has 2 saturated heterocycles. The maximum Gasteiger partial charge on any atom is 0.323 e. The molecule has 0 amide bonds. The fourth-order valence-electron chi connectivity index (χ4n) is 5.30. The van der Waals surface area contributed by atoms with E-state index in [1.807, 2.05) is 42.3 Å². The van der Waals surface area contributed by atoms with Crippen LogP contribution in [0.15, 0.2) is 41.4 Å². The van der Waals surface area contributed by atoms with Gasteiger partial charge in [0.2, 0.25) is 0 Å². The Morgan fingerprint density at radius 2 is 1.90 bits per heavy atom. The zero-order valence-corrected chi connectivity index (χ0v) is 17.2. The van der Waals surface area contributed by atoms with Gasteiger partial charge >= 0.3 is 5.97 Å². The van der Waals surface area contributed by atoms with Crippen molar-refractivity contribution < 1.29 is 9.53 Å². The summed E-state index contributed by atoms with van der Waals surface area (Å²) >= 11 is 0. The second-order valence-electron chi connectivity index (χ2n) is 8.57. The maximum absolute atomic E-state index is 12.7. The first-order valence-corrected chi connectivity index (χ1v) is 10.8. The van der Waals surface area contributed by atoms with Crippen molar-refractivity contribution in [2.24, 2.45) is 4.99 Å². The number of anilines is 1. The first-order valence-electron chi connectivity index (χ1n) is 10.8. The predicted molar refractivity (Wildman–Crippen MR) is 117 cm³/mol. The Labute approximate surface area is 176 Å². The molecule has 3 aliphatic rings. The van der Waals surface area contributed by atoms with Gasteiger partial charge in [0.15, 0.2) is 0 Å². The minimum Gasteiger partial charge on any atom is -0.461 e. The van der Waals surface area contributed by atoms with Gasteiger partial charge in [-0.1, -0.05) is 24.3 Å². The summed E-state index contributed by atoms with van der Waals surface area (Å²) < 4.78 is 5.95. The van der Waals surface area contributed by atoms with Crippen molar-refractivity contribution in [3.8, 4) is 6.07 Å². The Morgan fingerprint density at radius 1 is 1.17 bits per heavy atom. The number of ether oxygens (including phenoxy) is 1. The summed E-state index contributed by atoms with van der Waals surface area (Å²) in [7, 11) is 0. The SMILES string of the molecule is CC(C(=O)OC1CC2CCC(C1)N2c1ccc(C#N)c2ccccc12)N1CC=NC1. The van der Waals surface area contributed by atoms with E-state index in [1.54, 1.807) is 0 Å². The van der Waals surface area contributed by atoms with E-state index < -0.39 is 0 Å². The summed E-state index contributed by atoms with van der Waals surface area (Å²) in [4.78, 5) is 21.4. The third-order valence-electron chi connectivity index (χ3n) is 6.87. The Bertz CT molecular complexity index is 1020. The molecule has 5 rings (SSSR count). The molecule has 6 heteroatoms. The minimum atomic E-state index is -0.259. The molecule has 154 valence electrons. The number of aliphatic imine (C=N–C) groups is 1. The maximum atomic E-state index is 12.7. The molecular weight excluding hydrogens is 376 g/mol. The van der Waals surface area contributed by atoms with Gasteiger partial charge < -0.3 is 9.64 Å². The van der Waals surface area contributed by atoms with Crippen molar-refractivity contribution in [3.05, 3.63) is 42.0 Å². The summed E-state index contributed by atoms with van der Waals surface area (Å²) in [6, 6.07) is 15.0. The standard InChI is InChI=1S/C24H26N4O2/c1-16(27-11-10-26-15-27)24(29)30-20-12-18-7-8-19(13-20)28(18)23-9-6-17(14-25)21-4-2-3-5-22(21)23/h2-6,9-10,16,18-20H,7-8,11-13,15H2,1H3. The zero-order valence-electron chi connectivity index (χ0n) is 17.2. The van der Waals surface area contributed by atoms with Crippen molar-refractivity contribution >= 4 is 28.6 Å². The van der Waals surface area contributed by atoms with E-state index in [0.29, 0.717) is 30.9 Å². The van der Waals surface area contributed by atoms with Gasteiger partial charge in [-0.15, -0.1) is 0 Å². The van der Waals surface area contributed by atoms with Crippen LogP contribution in [0.3, 0.4) is 0 Å². The van der Waals surface area contributed by atoms with E-state index in [2.05, 4.69) is 28.1 Å². The summed E-state index contributed by atoms with van der Waals surface area (Å²) in [5, 5.41) is 11.6. The van der Waals surface area contributed by atoms with Crippen molar-refractivity contribution in [1.82, 2.24) is 4.90 Å². The molecule has 0 radical (unpaired) electrons. The van der Waals surface area contributed by atoms with E-state index in [9.17, 15) is 10.1 Å². The Hall–Kier alpha value is -2.91. The molecule has 30 heavy (non-hydrogen) atoms. The number of nitrogens with zero attached hydrogens (tertiary/aromatic N) is 4. The first kappa shape index (κ1) is 19.1. The molecule has 0 spiro atoms. The minimum absolute atomic E-state index is 0.0260. The molecule has 2 bridgehead atoms. The quantitative estimate of drug-likeness (QED) is 0.733. The molecule has 0 aromatic heterocycles. The molecule has 6 nitrogen and oxygen atoms in total. The summed E-state index contributed by atoms with van der Waals surface area (Å²) in [6.45, 7) is 3.20. The van der Waals surface area contributed by atoms with Crippen LogP contribution in [0, 0.1) is 11.3 Å². The van der Waals surface area contributed by atoms with Crippen LogP contribution < -0.4 is 4.90 Å².